The van der Waals surface area contributed by atoms with Gasteiger partial charge in [-0.2, -0.15) is 0 Å². The summed E-state index contributed by atoms with van der Waals surface area (Å²) in [7, 11) is 1.60. The van der Waals surface area contributed by atoms with Gasteiger partial charge in [0.2, 0.25) is 5.91 Å². The molecule has 0 unspecified atom stereocenters. The van der Waals surface area contributed by atoms with Crippen molar-refractivity contribution in [2.45, 2.75) is 0 Å². The van der Waals surface area contributed by atoms with Crippen molar-refractivity contribution in [1.29, 1.82) is 0 Å². The van der Waals surface area contributed by atoms with Gasteiger partial charge < -0.3 is 14.7 Å². The summed E-state index contributed by atoms with van der Waals surface area (Å²) in [5.41, 5.74) is 0.851. The summed E-state index contributed by atoms with van der Waals surface area (Å²) >= 11 is 3.39. The summed E-state index contributed by atoms with van der Waals surface area (Å²) in [6.45, 7) is 1.41. The van der Waals surface area contributed by atoms with Crippen LogP contribution in [0.25, 0.3) is 6.08 Å². The highest BCUT2D eigenvalue weighted by Gasteiger charge is 2.28. The van der Waals surface area contributed by atoms with Crippen LogP contribution >= 0.6 is 15.9 Å². The van der Waals surface area contributed by atoms with Gasteiger partial charge >= 0.3 is 0 Å². The van der Waals surface area contributed by atoms with Crippen LogP contribution in [0.15, 0.2) is 28.7 Å². The largest absolute Gasteiger partial charge is 0.496 e. The molecule has 1 amide bonds. The van der Waals surface area contributed by atoms with Crippen molar-refractivity contribution in [1.82, 2.24) is 4.90 Å². The van der Waals surface area contributed by atoms with Crippen molar-refractivity contribution >= 4 is 27.9 Å². The molecule has 1 saturated heterocycles. The van der Waals surface area contributed by atoms with Crippen molar-refractivity contribution in [2.75, 3.05) is 26.8 Å². The molecule has 1 aromatic rings. The van der Waals surface area contributed by atoms with Gasteiger partial charge in [0.25, 0.3) is 0 Å². The number of ether oxygens (including phenoxy) is 1. The Balaban J connectivity index is 2.02. The van der Waals surface area contributed by atoms with Crippen molar-refractivity contribution in [3.05, 3.63) is 34.3 Å². The van der Waals surface area contributed by atoms with Crippen LogP contribution in [0, 0.1) is 5.92 Å². The minimum absolute atomic E-state index is 0.0354. The summed E-state index contributed by atoms with van der Waals surface area (Å²) in [6, 6.07) is 5.63. The average molecular weight is 326 g/mol. The molecule has 1 N–H and O–H groups in total. The van der Waals surface area contributed by atoms with Gasteiger partial charge in [0.05, 0.1) is 7.11 Å². The van der Waals surface area contributed by atoms with E-state index >= 15 is 0 Å². The normalized spacial score (nSPS) is 15.6. The monoisotopic (exact) mass is 325 g/mol. The van der Waals surface area contributed by atoms with E-state index in [-0.39, 0.29) is 18.4 Å². The molecular weight excluding hydrogens is 310 g/mol. The predicted molar refractivity (Wildman–Crippen MR) is 76.9 cm³/mol. The quantitative estimate of drug-likeness (QED) is 0.860. The summed E-state index contributed by atoms with van der Waals surface area (Å²) in [6.07, 6.45) is 3.29. The molecule has 1 aliphatic heterocycles. The van der Waals surface area contributed by atoms with Crippen LogP contribution in [0.5, 0.6) is 5.75 Å². The Kier molecular flexibility index (Phi) is 4.61. The number of aliphatic hydroxyl groups is 1. The number of nitrogens with zero attached hydrogens (tertiary/aromatic N) is 1. The zero-order chi connectivity index (χ0) is 13.8. The number of aliphatic hydroxyl groups excluding tert-OH is 1. The van der Waals surface area contributed by atoms with Gasteiger partial charge in [-0.15, -0.1) is 0 Å². The molecule has 1 aromatic carbocycles. The maximum atomic E-state index is 11.8. The number of hydrogen-bond donors (Lipinski definition) is 1. The predicted octanol–water partition coefficient (Wildman–Crippen LogP) is 1.92. The Labute approximate surface area is 120 Å². The Morgan fingerprint density at radius 3 is 2.95 bits per heavy atom. The summed E-state index contributed by atoms with van der Waals surface area (Å²) in [5.74, 6) is 0.925. The lowest BCUT2D eigenvalue weighted by atomic mass is 10.0. The highest BCUT2D eigenvalue weighted by atomic mass is 79.9. The Morgan fingerprint density at radius 2 is 2.32 bits per heavy atom. The molecule has 0 bridgehead atoms. The number of carbonyl (C=O) groups is 1. The zero-order valence-electron chi connectivity index (χ0n) is 10.7. The lowest BCUT2D eigenvalue weighted by Crippen LogP contribution is -2.50. The van der Waals surface area contributed by atoms with E-state index in [1.165, 1.54) is 6.08 Å². The number of methoxy groups -OCH3 is 1. The highest BCUT2D eigenvalue weighted by Crippen LogP contribution is 2.24. The average Bonchev–Trinajstić information content (AvgIpc) is 2.35. The molecule has 1 fully saturated rings. The standard InChI is InChI=1S/C14H16BrNO3/c1-19-13-4-3-12(15)6-11(13)2-5-14(18)16-7-10(8-16)9-17/h2-6,10,17H,7-9H2,1H3. The minimum Gasteiger partial charge on any atom is -0.496 e. The summed E-state index contributed by atoms with van der Waals surface area (Å²) < 4.78 is 6.17. The molecule has 0 saturated carbocycles. The van der Waals surface area contributed by atoms with Gasteiger partial charge in [-0.25, -0.2) is 0 Å². The number of benzene rings is 1. The smallest absolute Gasteiger partial charge is 0.246 e. The van der Waals surface area contributed by atoms with E-state index in [4.69, 9.17) is 9.84 Å². The van der Waals surface area contributed by atoms with Crippen molar-refractivity contribution in [2.24, 2.45) is 5.92 Å². The molecule has 0 radical (unpaired) electrons. The number of carbonyl (C=O) groups excluding carboxylic acids is 1. The van der Waals surface area contributed by atoms with Crippen LogP contribution in [0.2, 0.25) is 0 Å². The number of hydrogen-bond acceptors (Lipinski definition) is 3. The van der Waals surface area contributed by atoms with Crippen molar-refractivity contribution in [3.63, 3.8) is 0 Å². The van der Waals surface area contributed by atoms with Crippen molar-refractivity contribution in [3.8, 4) is 5.75 Å². The van der Waals surface area contributed by atoms with E-state index in [0.717, 1.165) is 15.8 Å². The molecule has 0 spiro atoms. The first-order valence-electron chi connectivity index (χ1n) is 6.05. The van der Waals surface area contributed by atoms with E-state index in [0.29, 0.717) is 13.1 Å². The van der Waals surface area contributed by atoms with Crippen molar-refractivity contribution < 1.29 is 14.6 Å². The lowest BCUT2D eigenvalue weighted by molar-refractivity contribution is -0.132. The number of amides is 1. The third-order valence-electron chi connectivity index (χ3n) is 3.12. The van der Waals surface area contributed by atoms with Gasteiger partial charge in [0, 0.05) is 41.7 Å². The van der Waals surface area contributed by atoms with Crippen LogP contribution in [0.1, 0.15) is 5.56 Å². The molecule has 0 aliphatic carbocycles. The second-order valence-corrected chi connectivity index (χ2v) is 5.43. The number of rotatable bonds is 4. The maximum Gasteiger partial charge on any atom is 0.246 e. The SMILES string of the molecule is COc1ccc(Br)cc1C=CC(=O)N1CC(CO)C1. The first-order chi connectivity index (χ1) is 9.13. The van der Waals surface area contributed by atoms with E-state index < -0.39 is 0 Å². The lowest BCUT2D eigenvalue weighted by Gasteiger charge is -2.37. The van der Waals surface area contributed by atoms with Gasteiger partial charge in [-0.1, -0.05) is 15.9 Å². The highest BCUT2D eigenvalue weighted by molar-refractivity contribution is 9.10. The third-order valence-corrected chi connectivity index (χ3v) is 3.62. The number of halogens is 1. The van der Waals surface area contributed by atoms with Gasteiger partial charge in [-0.3, -0.25) is 4.79 Å². The first kappa shape index (κ1) is 14.1. The Hall–Kier alpha value is -1.33. The van der Waals surface area contributed by atoms with Crippen LogP contribution in [0.4, 0.5) is 0 Å². The maximum absolute atomic E-state index is 11.8. The van der Waals surface area contributed by atoms with E-state index in [1.807, 2.05) is 18.2 Å². The van der Waals surface area contributed by atoms with Gasteiger partial charge in [0.15, 0.2) is 0 Å². The van der Waals surface area contributed by atoms with Crippen LogP contribution in [0.3, 0.4) is 0 Å². The molecule has 5 heteroatoms. The summed E-state index contributed by atoms with van der Waals surface area (Å²) in [5, 5.41) is 8.91. The molecule has 2 rings (SSSR count). The number of likely N-dealkylation sites (tertiary alicyclic amines) is 1. The molecular formula is C14H16BrNO3. The molecule has 102 valence electrons. The van der Waals surface area contributed by atoms with Gasteiger partial charge in [-0.05, 0) is 24.3 Å². The molecule has 4 nitrogen and oxygen atoms in total. The van der Waals surface area contributed by atoms with Gasteiger partial charge in [0.1, 0.15) is 5.75 Å². The molecule has 19 heavy (non-hydrogen) atoms. The minimum atomic E-state index is -0.0354. The topological polar surface area (TPSA) is 49.8 Å². The van der Waals surface area contributed by atoms with Crippen LogP contribution in [-0.4, -0.2) is 42.7 Å². The zero-order valence-corrected chi connectivity index (χ0v) is 12.3. The molecule has 1 heterocycles. The molecule has 1 aliphatic rings. The van der Waals surface area contributed by atoms with E-state index in [2.05, 4.69) is 15.9 Å². The second kappa shape index (κ2) is 6.21. The Bertz CT molecular complexity index is 495. The van der Waals surface area contributed by atoms with Crippen LogP contribution < -0.4 is 4.74 Å². The fraction of sp³-hybridized carbons (Fsp3) is 0.357. The summed E-state index contributed by atoms with van der Waals surface area (Å²) in [4.78, 5) is 13.6. The third kappa shape index (κ3) is 3.36. The van der Waals surface area contributed by atoms with E-state index in [1.54, 1.807) is 18.1 Å². The fourth-order valence-electron chi connectivity index (χ4n) is 1.97. The Morgan fingerprint density at radius 1 is 1.58 bits per heavy atom. The van der Waals surface area contributed by atoms with E-state index in [9.17, 15) is 4.79 Å². The fourth-order valence-corrected chi connectivity index (χ4v) is 2.35. The second-order valence-electron chi connectivity index (χ2n) is 4.51. The van der Waals surface area contributed by atoms with Crippen LogP contribution in [-0.2, 0) is 4.79 Å². The molecule has 0 aromatic heterocycles. The first-order valence-corrected chi connectivity index (χ1v) is 6.84. The molecule has 0 atom stereocenters.